The van der Waals surface area contributed by atoms with E-state index in [4.69, 9.17) is 4.98 Å². The SMILES string of the molecule is CCCc1cc(CNCC)cc(N2CCSCC2)n1. The van der Waals surface area contributed by atoms with E-state index in [1.165, 1.54) is 28.6 Å². The number of nitrogens with zero attached hydrogens (tertiary/aromatic N) is 2. The fourth-order valence-electron chi connectivity index (χ4n) is 2.34. The van der Waals surface area contributed by atoms with Gasteiger partial charge in [0.25, 0.3) is 0 Å². The third-order valence-electron chi connectivity index (χ3n) is 3.35. The second-order valence-electron chi connectivity index (χ2n) is 4.95. The molecule has 0 aromatic carbocycles. The van der Waals surface area contributed by atoms with E-state index in [2.05, 4.69) is 36.2 Å². The number of thioether (sulfide) groups is 1. The van der Waals surface area contributed by atoms with Gasteiger partial charge >= 0.3 is 0 Å². The number of hydrogen-bond donors (Lipinski definition) is 1. The molecule has 1 aliphatic rings. The smallest absolute Gasteiger partial charge is 0.129 e. The van der Waals surface area contributed by atoms with Crippen molar-refractivity contribution in [1.29, 1.82) is 0 Å². The number of aromatic nitrogens is 1. The molecule has 0 aliphatic carbocycles. The molecule has 0 atom stereocenters. The average Bonchev–Trinajstić information content (AvgIpc) is 2.46. The molecule has 19 heavy (non-hydrogen) atoms. The van der Waals surface area contributed by atoms with Crippen LogP contribution in [0, 0.1) is 0 Å². The third-order valence-corrected chi connectivity index (χ3v) is 4.29. The Morgan fingerprint density at radius 1 is 1.26 bits per heavy atom. The van der Waals surface area contributed by atoms with Gasteiger partial charge in [-0.3, -0.25) is 0 Å². The molecule has 3 nitrogen and oxygen atoms in total. The van der Waals surface area contributed by atoms with E-state index >= 15 is 0 Å². The van der Waals surface area contributed by atoms with Crippen LogP contribution in [-0.2, 0) is 13.0 Å². The van der Waals surface area contributed by atoms with Gasteiger partial charge in [0.2, 0.25) is 0 Å². The molecule has 0 bridgehead atoms. The van der Waals surface area contributed by atoms with Crippen LogP contribution in [0.25, 0.3) is 0 Å². The van der Waals surface area contributed by atoms with Crippen molar-refractivity contribution in [2.24, 2.45) is 0 Å². The topological polar surface area (TPSA) is 28.2 Å². The third kappa shape index (κ3) is 4.39. The molecule has 106 valence electrons. The van der Waals surface area contributed by atoms with E-state index in [9.17, 15) is 0 Å². The van der Waals surface area contributed by atoms with E-state index in [1.54, 1.807) is 0 Å². The summed E-state index contributed by atoms with van der Waals surface area (Å²) in [5.74, 6) is 3.63. The predicted octanol–water partition coefficient (Wildman–Crippen LogP) is 2.70. The molecule has 4 heteroatoms. The van der Waals surface area contributed by atoms with Crippen LogP contribution in [0.4, 0.5) is 5.82 Å². The van der Waals surface area contributed by atoms with E-state index in [-0.39, 0.29) is 0 Å². The summed E-state index contributed by atoms with van der Waals surface area (Å²) in [5.41, 5.74) is 2.61. The van der Waals surface area contributed by atoms with Crippen molar-refractivity contribution in [3.8, 4) is 0 Å². The molecule has 1 aromatic heterocycles. The molecule has 1 N–H and O–H groups in total. The van der Waals surface area contributed by atoms with Crippen LogP contribution in [0.1, 0.15) is 31.5 Å². The standard InChI is InChI=1S/C15H25N3S/c1-3-5-14-10-13(12-16-4-2)11-15(17-14)18-6-8-19-9-7-18/h10-11,16H,3-9,12H2,1-2H3. The van der Waals surface area contributed by atoms with Crippen molar-refractivity contribution in [2.45, 2.75) is 33.2 Å². The molecule has 1 fully saturated rings. The molecular formula is C15H25N3S. The van der Waals surface area contributed by atoms with Crippen molar-refractivity contribution in [3.05, 3.63) is 23.4 Å². The Bertz CT molecular complexity index is 389. The minimum absolute atomic E-state index is 0.950. The monoisotopic (exact) mass is 279 g/mol. The van der Waals surface area contributed by atoms with Gasteiger partial charge in [0.15, 0.2) is 0 Å². The molecule has 1 aliphatic heterocycles. The van der Waals surface area contributed by atoms with Gasteiger partial charge < -0.3 is 10.2 Å². The molecule has 0 amide bonds. The number of hydrogen-bond acceptors (Lipinski definition) is 4. The highest BCUT2D eigenvalue weighted by molar-refractivity contribution is 7.99. The summed E-state index contributed by atoms with van der Waals surface area (Å²) in [7, 11) is 0. The summed E-state index contributed by atoms with van der Waals surface area (Å²) in [5, 5.41) is 3.41. The Morgan fingerprint density at radius 2 is 2.05 bits per heavy atom. The van der Waals surface area contributed by atoms with E-state index in [0.717, 1.165) is 39.0 Å². The second-order valence-corrected chi connectivity index (χ2v) is 6.18. The maximum absolute atomic E-state index is 4.84. The highest BCUT2D eigenvalue weighted by Gasteiger charge is 2.13. The van der Waals surface area contributed by atoms with Crippen molar-refractivity contribution in [2.75, 3.05) is 36.0 Å². The number of anilines is 1. The van der Waals surface area contributed by atoms with E-state index < -0.39 is 0 Å². The van der Waals surface area contributed by atoms with Crippen LogP contribution in [-0.4, -0.2) is 36.1 Å². The van der Waals surface area contributed by atoms with Gasteiger partial charge in [-0.15, -0.1) is 0 Å². The molecule has 1 saturated heterocycles. The predicted molar refractivity (Wildman–Crippen MR) is 85.2 cm³/mol. The van der Waals surface area contributed by atoms with Crippen LogP contribution in [0.5, 0.6) is 0 Å². The molecule has 2 rings (SSSR count). The van der Waals surface area contributed by atoms with Gasteiger partial charge in [-0.1, -0.05) is 20.3 Å². The molecule has 1 aromatic rings. The second kappa shape index (κ2) is 7.75. The zero-order valence-corrected chi connectivity index (χ0v) is 12.9. The highest BCUT2D eigenvalue weighted by Crippen LogP contribution is 2.20. The van der Waals surface area contributed by atoms with Gasteiger partial charge in [0.05, 0.1) is 0 Å². The molecule has 0 spiro atoms. The maximum Gasteiger partial charge on any atom is 0.129 e. The zero-order valence-electron chi connectivity index (χ0n) is 12.1. The van der Waals surface area contributed by atoms with Crippen molar-refractivity contribution in [3.63, 3.8) is 0 Å². The summed E-state index contributed by atoms with van der Waals surface area (Å²) in [6.07, 6.45) is 2.24. The number of nitrogens with one attached hydrogen (secondary N) is 1. The minimum atomic E-state index is 0.950. The van der Waals surface area contributed by atoms with Crippen LogP contribution in [0.15, 0.2) is 12.1 Å². The highest BCUT2D eigenvalue weighted by atomic mass is 32.2. The normalized spacial score (nSPS) is 15.8. The molecular weight excluding hydrogens is 254 g/mol. The average molecular weight is 279 g/mol. The summed E-state index contributed by atoms with van der Waals surface area (Å²) >= 11 is 2.04. The summed E-state index contributed by atoms with van der Waals surface area (Å²) in [4.78, 5) is 7.28. The van der Waals surface area contributed by atoms with Gasteiger partial charge in [0.1, 0.15) is 5.82 Å². The van der Waals surface area contributed by atoms with Crippen molar-refractivity contribution in [1.82, 2.24) is 10.3 Å². The fourth-order valence-corrected chi connectivity index (χ4v) is 3.25. The van der Waals surface area contributed by atoms with Crippen molar-refractivity contribution >= 4 is 17.6 Å². The van der Waals surface area contributed by atoms with Crippen LogP contribution in [0.2, 0.25) is 0 Å². The Balaban J connectivity index is 2.17. The van der Waals surface area contributed by atoms with E-state index in [0.29, 0.717) is 0 Å². The number of pyridine rings is 1. The largest absolute Gasteiger partial charge is 0.355 e. The van der Waals surface area contributed by atoms with Crippen LogP contribution >= 0.6 is 11.8 Å². The quantitative estimate of drug-likeness (QED) is 0.866. The molecule has 0 radical (unpaired) electrons. The Kier molecular flexibility index (Phi) is 5.98. The van der Waals surface area contributed by atoms with E-state index in [1.807, 2.05) is 11.8 Å². The zero-order chi connectivity index (χ0) is 13.5. The van der Waals surface area contributed by atoms with Crippen LogP contribution in [0.3, 0.4) is 0 Å². The van der Waals surface area contributed by atoms with Crippen LogP contribution < -0.4 is 10.2 Å². The first-order valence-corrected chi connectivity index (χ1v) is 8.52. The van der Waals surface area contributed by atoms with Gasteiger partial charge in [0, 0.05) is 36.8 Å². The number of rotatable bonds is 6. The number of aryl methyl sites for hydroxylation is 1. The fraction of sp³-hybridized carbons (Fsp3) is 0.667. The lowest BCUT2D eigenvalue weighted by atomic mass is 10.1. The Morgan fingerprint density at radius 3 is 2.74 bits per heavy atom. The lowest BCUT2D eigenvalue weighted by Gasteiger charge is -2.28. The lowest BCUT2D eigenvalue weighted by Crippen LogP contribution is -2.33. The van der Waals surface area contributed by atoms with Gasteiger partial charge in [-0.05, 0) is 30.7 Å². The van der Waals surface area contributed by atoms with Gasteiger partial charge in [-0.25, -0.2) is 4.98 Å². The summed E-state index contributed by atoms with van der Waals surface area (Å²) in [6.45, 7) is 8.60. The van der Waals surface area contributed by atoms with Crippen molar-refractivity contribution < 1.29 is 0 Å². The Hall–Kier alpha value is -0.740. The Labute approximate surface area is 121 Å². The van der Waals surface area contributed by atoms with Gasteiger partial charge in [-0.2, -0.15) is 11.8 Å². The lowest BCUT2D eigenvalue weighted by molar-refractivity contribution is 0.720. The summed E-state index contributed by atoms with van der Waals surface area (Å²) in [6, 6.07) is 4.52. The first kappa shape index (κ1) is 14.7. The molecule has 0 saturated carbocycles. The first-order chi connectivity index (χ1) is 9.33. The minimum Gasteiger partial charge on any atom is -0.355 e. The molecule has 0 unspecified atom stereocenters. The maximum atomic E-state index is 4.84. The first-order valence-electron chi connectivity index (χ1n) is 7.36. The summed E-state index contributed by atoms with van der Waals surface area (Å²) < 4.78 is 0. The molecule has 2 heterocycles.